The molecule has 34 heavy (non-hydrogen) atoms. The zero-order valence-electron chi connectivity index (χ0n) is 17.7. The number of alkyl halides is 3. The van der Waals surface area contributed by atoms with Gasteiger partial charge in [0.05, 0.1) is 35.4 Å². The van der Waals surface area contributed by atoms with Crippen LogP contribution in [0, 0.1) is 0 Å². The summed E-state index contributed by atoms with van der Waals surface area (Å²) in [6.45, 7) is 3.40. The number of aliphatic imine (C=N–C) groups is 1. The lowest BCUT2D eigenvalue weighted by atomic mass is 9.92. The van der Waals surface area contributed by atoms with Crippen LogP contribution in [0.1, 0.15) is 51.5 Å². The van der Waals surface area contributed by atoms with E-state index in [1.54, 1.807) is 20.1 Å². The number of nitrogens with one attached hydrogen (secondary N) is 3. The molecule has 1 unspecified atom stereocenters. The highest BCUT2D eigenvalue weighted by Crippen LogP contribution is 2.35. The van der Waals surface area contributed by atoms with Crippen LogP contribution in [0.4, 0.5) is 19.0 Å². The molecule has 0 bridgehead atoms. The Hall–Kier alpha value is -3.32. The van der Waals surface area contributed by atoms with E-state index in [-0.39, 0.29) is 16.6 Å². The molecule has 0 aliphatic carbocycles. The van der Waals surface area contributed by atoms with Gasteiger partial charge in [0.25, 0.3) is 5.91 Å². The molecule has 0 fully saturated rings. The van der Waals surface area contributed by atoms with Crippen molar-refractivity contribution in [3.63, 3.8) is 0 Å². The van der Waals surface area contributed by atoms with Crippen molar-refractivity contribution in [3.8, 4) is 0 Å². The second-order valence-corrected chi connectivity index (χ2v) is 9.20. The van der Waals surface area contributed by atoms with E-state index in [9.17, 15) is 22.8 Å². The second-order valence-electron chi connectivity index (χ2n) is 7.73. The molecule has 1 aliphatic rings. The Labute approximate surface area is 199 Å². The minimum Gasteiger partial charge on any atom is -0.348 e. The summed E-state index contributed by atoms with van der Waals surface area (Å²) in [5, 5.41) is 5.00. The Bertz CT molecular complexity index is 1290. The molecule has 4 heterocycles. The summed E-state index contributed by atoms with van der Waals surface area (Å²) in [5.41, 5.74) is -0.659. The fourth-order valence-electron chi connectivity index (χ4n) is 3.23. The van der Waals surface area contributed by atoms with Crippen molar-refractivity contribution in [2.45, 2.75) is 38.0 Å². The van der Waals surface area contributed by atoms with Gasteiger partial charge in [0.2, 0.25) is 5.91 Å². The minimum absolute atomic E-state index is 0.130. The Kier molecular flexibility index (Phi) is 6.16. The maximum atomic E-state index is 13.0. The normalized spacial score (nSPS) is 18.3. The molecule has 0 saturated heterocycles. The minimum atomic E-state index is -4.69. The second kappa shape index (κ2) is 8.80. The number of H-pyrrole nitrogens is 1. The number of rotatable bonds is 5. The van der Waals surface area contributed by atoms with Crippen LogP contribution in [0.25, 0.3) is 0 Å². The number of thiazole rings is 1. The Morgan fingerprint density at radius 2 is 2.03 bits per heavy atom. The zero-order valence-corrected chi connectivity index (χ0v) is 19.3. The number of carbonyl (C=O) groups is 2. The van der Waals surface area contributed by atoms with E-state index >= 15 is 0 Å². The topological polar surface area (TPSA) is 125 Å². The molecule has 2 atom stereocenters. The van der Waals surface area contributed by atoms with Gasteiger partial charge in [-0.1, -0.05) is 11.6 Å². The molecule has 14 heteroatoms. The first-order valence-electron chi connectivity index (χ1n) is 9.84. The number of imidazole rings is 1. The number of hydrogen-bond donors (Lipinski definition) is 3. The van der Waals surface area contributed by atoms with Gasteiger partial charge in [-0.05, 0) is 19.9 Å². The average molecular weight is 512 g/mol. The van der Waals surface area contributed by atoms with E-state index in [1.807, 2.05) is 0 Å². The molecule has 3 N–H and O–H groups in total. The highest BCUT2D eigenvalue weighted by molar-refractivity contribution is 7.13. The summed E-state index contributed by atoms with van der Waals surface area (Å²) >= 11 is 6.54. The first kappa shape index (κ1) is 23.8. The van der Waals surface area contributed by atoms with Crippen molar-refractivity contribution in [1.82, 2.24) is 25.3 Å². The third-order valence-corrected chi connectivity index (χ3v) is 6.58. The number of nitrogens with zero attached hydrogens (tertiary/aromatic N) is 4. The van der Waals surface area contributed by atoms with Crippen molar-refractivity contribution in [3.05, 3.63) is 56.6 Å². The van der Waals surface area contributed by atoms with Gasteiger partial charge < -0.3 is 15.6 Å². The van der Waals surface area contributed by atoms with Gasteiger partial charge in [0, 0.05) is 18.3 Å². The molecule has 0 aromatic carbocycles. The molecular weight excluding hydrogens is 495 g/mol. The third kappa shape index (κ3) is 4.80. The number of amides is 2. The van der Waals surface area contributed by atoms with Gasteiger partial charge in [0.15, 0.2) is 0 Å². The molecule has 4 rings (SSSR count). The summed E-state index contributed by atoms with van der Waals surface area (Å²) < 4.78 is 39.1. The quantitative estimate of drug-likeness (QED) is 0.480. The van der Waals surface area contributed by atoms with Crippen molar-refractivity contribution < 1.29 is 22.8 Å². The predicted molar refractivity (Wildman–Crippen MR) is 119 cm³/mol. The molecule has 0 spiro atoms. The van der Waals surface area contributed by atoms with E-state index in [0.717, 1.165) is 23.2 Å². The van der Waals surface area contributed by atoms with Crippen LogP contribution in [0.5, 0.6) is 0 Å². The maximum absolute atomic E-state index is 13.0. The van der Waals surface area contributed by atoms with E-state index in [0.29, 0.717) is 23.2 Å². The summed E-state index contributed by atoms with van der Waals surface area (Å²) in [6, 6.07) is 0.112. The number of hydrogen-bond acceptors (Lipinski definition) is 7. The van der Waals surface area contributed by atoms with Gasteiger partial charge in [-0.25, -0.2) is 15.0 Å². The standard InChI is InChI=1S/C20H17ClF3N7O2S/c1-9(30-18(33)19(2)4-12-13(6-29-19)28-8-27-12)17-26-7-14(34-17)16(32)31-15-3-10(20(22,23)24)11(21)5-25-15/h3,5-9H,4H2,1-2H3,(H,27,28)(H,30,33)(H,25,31,32)/t9-,19?/m1/s1. The van der Waals surface area contributed by atoms with E-state index in [1.165, 1.54) is 12.5 Å². The first-order valence-corrected chi connectivity index (χ1v) is 11.0. The van der Waals surface area contributed by atoms with E-state index < -0.39 is 34.3 Å². The maximum Gasteiger partial charge on any atom is 0.418 e. The summed E-state index contributed by atoms with van der Waals surface area (Å²) in [6.07, 6.45) is 0.820. The Balaban J connectivity index is 1.42. The van der Waals surface area contributed by atoms with Crippen LogP contribution in [-0.4, -0.2) is 43.5 Å². The summed E-state index contributed by atoms with van der Waals surface area (Å²) in [5.74, 6) is -1.33. The van der Waals surface area contributed by atoms with Crippen molar-refractivity contribution >= 4 is 46.8 Å². The number of fused-ring (bicyclic) bond motifs is 1. The monoisotopic (exact) mass is 511 g/mol. The van der Waals surface area contributed by atoms with Crippen LogP contribution < -0.4 is 10.6 Å². The molecule has 3 aromatic heterocycles. The molecule has 9 nitrogen and oxygen atoms in total. The van der Waals surface area contributed by atoms with Gasteiger partial charge in [-0.2, -0.15) is 13.2 Å². The van der Waals surface area contributed by atoms with Gasteiger partial charge in [-0.15, -0.1) is 11.3 Å². The smallest absolute Gasteiger partial charge is 0.348 e. The van der Waals surface area contributed by atoms with Gasteiger partial charge in [-0.3, -0.25) is 14.6 Å². The van der Waals surface area contributed by atoms with Gasteiger partial charge in [0.1, 0.15) is 26.9 Å². The molecule has 3 aromatic rings. The number of aromatic nitrogens is 4. The molecule has 2 amide bonds. The van der Waals surface area contributed by atoms with Crippen LogP contribution in [0.3, 0.4) is 0 Å². The summed E-state index contributed by atoms with van der Waals surface area (Å²) in [4.78, 5) is 44.8. The lowest BCUT2D eigenvalue weighted by molar-refractivity contribution is -0.137. The van der Waals surface area contributed by atoms with E-state index in [4.69, 9.17) is 11.6 Å². The van der Waals surface area contributed by atoms with Crippen LogP contribution in [-0.2, 0) is 17.4 Å². The zero-order chi connectivity index (χ0) is 24.7. The number of anilines is 1. The van der Waals surface area contributed by atoms with Crippen LogP contribution >= 0.6 is 22.9 Å². The van der Waals surface area contributed by atoms with Crippen molar-refractivity contribution in [2.24, 2.45) is 4.99 Å². The van der Waals surface area contributed by atoms with Gasteiger partial charge >= 0.3 is 6.18 Å². The molecular formula is C20H17ClF3N7O2S. The SMILES string of the molecule is C[C@@H](NC(=O)C1(C)Cc2[nH]cnc2C=N1)c1ncc(C(=O)Nc2cc(C(F)(F)F)c(Cl)cn2)s1. The lowest BCUT2D eigenvalue weighted by Crippen LogP contribution is -2.47. The predicted octanol–water partition coefficient (Wildman–Crippen LogP) is 3.80. The number of aromatic amines is 1. The summed E-state index contributed by atoms with van der Waals surface area (Å²) in [7, 11) is 0. The van der Waals surface area contributed by atoms with Crippen LogP contribution in [0.15, 0.2) is 29.8 Å². The van der Waals surface area contributed by atoms with Crippen molar-refractivity contribution in [2.75, 3.05) is 5.32 Å². The Morgan fingerprint density at radius 1 is 1.26 bits per heavy atom. The fraction of sp³-hybridized carbons (Fsp3) is 0.300. The van der Waals surface area contributed by atoms with Crippen LogP contribution in [0.2, 0.25) is 5.02 Å². The number of pyridine rings is 1. The molecule has 178 valence electrons. The highest BCUT2D eigenvalue weighted by Gasteiger charge is 2.37. The third-order valence-electron chi connectivity index (χ3n) is 5.10. The molecule has 0 saturated carbocycles. The fourth-order valence-corrected chi connectivity index (χ4v) is 4.25. The van der Waals surface area contributed by atoms with E-state index in [2.05, 4.69) is 35.6 Å². The Morgan fingerprint density at radius 3 is 2.76 bits per heavy atom. The first-order chi connectivity index (χ1) is 16.0. The number of carbonyl (C=O) groups excluding carboxylic acids is 2. The highest BCUT2D eigenvalue weighted by atomic mass is 35.5. The average Bonchev–Trinajstić information content (AvgIpc) is 3.43. The molecule has 0 radical (unpaired) electrons. The van der Waals surface area contributed by atoms with Crippen molar-refractivity contribution in [1.29, 1.82) is 0 Å². The number of halogens is 4. The largest absolute Gasteiger partial charge is 0.418 e. The lowest BCUT2D eigenvalue weighted by Gasteiger charge is -2.27. The molecule has 1 aliphatic heterocycles.